The van der Waals surface area contributed by atoms with Crippen molar-refractivity contribution in [1.82, 2.24) is 20.6 Å². The quantitative estimate of drug-likeness (QED) is 0.585. The number of hydrogen-bond acceptors (Lipinski definition) is 4. The number of carbonyl (C=O) groups excluding carboxylic acids is 2. The van der Waals surface area contributed by atoms with E-state index in [1.165, 1.54) is 6.92 Å². The Kier molecular flexibility index (Phi) is 5.91. The topological polar surface area (TPSA) is 86.9 Å². The number of carbonyl (C=O) groups is 2. The van der Waals surface area contributed by atoms with E-state index < -0.39 is 6.04 Å². The van der Waals surface area contributed by atoms with E-state index in [1.54, 1.807) is 11.3 Å². The molecule has 0 aliphatic carbocycles. The van der Waals surface area contributed by atoms with Crippen LogP contribution >= 0.6 is 11.3 Å². The monoisotopic (exact) mass is 384 g/mol. The van der Waals surface area contributed by atoms with E-state index in [9.17, 15) is 9.59 Å². The zero-order valence-electron chi connectivity index (χ0n) is 15.7. The first-order chi connectivity index (χ1) is 13.0. The van der Waals surface area contributed by atoms with Crippen LogP contribution in [0.3, 0.4) is 0 Å². The van der Waals surface area contributed by atoms with Gasteiger partial charge in [0.1, 0.15) is 6.04 Å². The predicted molar refractivity (Wildman–Crippen MR) is 108 cm³/mol. The van der Waals surface area contributed by atoms with Crippen LogP contribution in [-0.4, -0.2) is 27.8 Å². The second-order valence-electron chi connectivity index (χ2n) is 6.57. The number of rotatable bonds is 7. The number of fused-ring (bicyclic) bond motifs is 1. The summed E-state index contributed by atoms with van der Waals surface area (Å²) in [6, 6.07) is 7.06. The van der Waals surface area contributed by atoms with Crippen LogP contribution < -0.4 is 10.6 Å². The first kappa shape index (κ1) is 19.1. The molecule has 2 aromatic heterocycles. The third-order valence-corrected chi connectivity index (χ3v) is 5.48. The molecule has 0 saturated heterocycles. The molecule has 3 aromatic rings. The van der Waals surface area contributed by atoms with Gasteiger partial charge in [0, 0.05) is 35.8 Å². The fraction of sp³-hybridized carbons (Fsp3) is 0.350. The minimum atomic E-state index is -0.645. The van der Waals surface area contributed by atoms with Gasteiger partial charge in [0.2, 0.25) is 11.8 Å². The summed E-state index contributed by atoms with van der Waals surface area (Å²) in [4.78, 5) is 32.2. The maximum absolute atomic E-state index is 12.8. The summed E-state index contributed by atoms with van der Waals surface area (Å²) in [7, 11) is 0. The first-order valence-corrected chi connectivity index (χ1v) is 9.92. The number of nitrogens with zero attached hydrogens (tertiary/aromatic N) is 1. The normalized spacial score (nSPS) is 13.3. The average Bonchev–Trinajstić information content (AvgIpc) is 3.28. The molecule has 0 saturated carbocycles. The molecular weight excluding hydrogens is 360 g/mol. The van der Waals surface area contributed by atoms with Gasteiger partial charge < -0.3 is 15.6 Å². The molecule has 2 unspecified atom stereocenters. The number of aryl methyl sites for hydroxylation is 1. The van der Waals surface area contributed by atoms with Gasteiger partial charge in [0.25, 0.3) is 0 Å². The van der Waals surface area contributed by atoms with Crippen molar-refractivity contribution in [2.75, 3.05) is 0 Å². The van der Waals surface area contributed by atoms with E-state index in [0.29, 0.717) is 6.42 Å². The van der Waals surface area contributed by atoms with E-state index in [-0.39, 0.29) is 17.9 Å². The van der Waals surface area contributed by atoms with Crippen LogP contribution in [0.25, 0.3) is 10.9 Å². The molecule has 7 heteroatoms. The van der Waals surface area contributed by atoms with Gasteiger partial charge in [0.05, 0.1) is 16.7 Å². The number of hydrogen-bond donors (Lipinski definition) is 3. The van der Waals surface area contributed by atoms with Crippen LogP contribution in [0.1, 0.15) is 43.1 Å². The van der Waals surface area contributed by atoms with E-state index in [2.05, 4.69) is 27.5 Å². The van der Waals surface area contributed by atoms with Crippen molar-refractivity contribution in [1.29, 1.82) is 0 Å². The molecule has 0 bridgehead atoms. The Morgan fingerprint density at radius 1 is 1.26 bits per heavy atom. The van der Waals surface area contributed by atoms with Gasteiger partial charge >= 0.3 is 0 Å². The van der Waals surface area contributed by atoms with E-state index >= 15 is 0 Å². The smallest absolute Gasteiger partial charge is 0.243 e. The Morgan fingerprint density at radius 3 is 2.74 bits per heavy atom. The van der Waals surface area contributed by atoms with Crippen LogP contribution in [0.5, 0.6) is 0 Å². The highest BCUT2D eigenvalue weighted by Crippen LogP contribution is 2.20. The fourth-order valence-corrected chi connectivity index (χ4v) is 3.89. The highest BCUT2D eigenvalue weighted by atomic mass is 32.1. The van der Waals surface area contributed by atoms with Crippen LogP contribution in [0, 0.1) is 0 Å². The molecule has 0 radical (unpaired) electrons. The number of aromatic nitrogens is 2. The van der Waals surface area contributed by atoms with Crippen molar-refractivity contribution in [3.8, 4) is 0 Å². The van der Waals surface area contributed by atoms with Crippen LogP contribution in [-0.2, 0) is 22.4 Å². The molecule has 0 spiro atoms. The SMILES string of the molecule is CCc1nc(C(C)NC(=O)C(Cc2c[nH]c3ccccc23)NC(C)=O)cs1. The molecule has 2 atom stereocenters. The Balaban J connectivity index is 1.75. The number of H-pyrrole nitrogens is 1. The van der Waals surface area contributed by atoms with Crippen molar-refractivity contribution in [2.24, 2.45) is 0 Å². The minimum absolute atomic E-state index is 0.214. The molecule has 1 aromatic carbocycles. The third-order valence-electron chi connectivity index (χ3n) is 4.47. The lowest BCUT2D eigenvalue weighted by Crippen LogP contribution is -2.48. The summed E-state index contributed by atoms with van der Waals surface area (Å²) in [5, 5.41) is 9.82. The molecule has 2 amide bonds. The van der Waals surface area contributed by atoms with Crippen molar-refractivity contribution < 1.29 is 9.59 Å². The summed E-state index contributed by atoms with van der Waals surface area (Å²) < 4.78 is 0. The molecule has 27 heavy (non-hydrogen) atoms. The largest absolute Gasteiger partial charge is 0.361 e. The number of para-hydroxylation sites is 1. The Labute approximate surface area is 162 Å². The van der Waals surface area contributed by atoms with Crippen molar-refractivity contribution in [3.63, 3.8) is 0 Å². The molecule has 3 N–H and O–H groups in total. The van der Waals surface area contributed by atoms with Crippen LogP contribution in [0.15, 0.2) is 35.8 Å². The number of benzene rings is 1. The first-order valence-electron chi connectivity index (χ1n) is 9.04. The van der Waals surface area contributed by atoms with Gasteiger partial charge in [-0.25, -0.2) is 4.98 Å². The maximum atomic E-state index is 12.8. The van der Waals surface area contributed by atoms with Gasteiger partial charge in [0.15, 0.2) is 0 Å². The van der Waals surface area contributed by atoms with Crippen molar-refractivity contribution in [2.45, 2.75) is 45.7 Å². The summed E-state index contributed by atoms with van der Waals surface area (Å²) in [6.07, 6.45) is 3.18. The molecule has 142 valence electrons. The molecule has 0 aliphatic heterocycles. The Hall–Kier alpha value is -2.67. The summed E-state index contributed by atoms with van der Waals surface area (Å²) in [6.45, 7) is 5.38. The van der Waals surface area contributed by atoms with E-state index in [0.717, 1.165) is 33.6 Å². The lowest BCUT2D eigenvalue weighted by atomic mass is 10.0. The second-order valence-corrected chi connectivity index (χ2v) is 7.51. The average molecular weight is 385 g/mol. The molecule has 3 rings (SSSR count). The fourth-order valence-electron chi connectivity index (χ4n) is 3.05. The zero-order chi connectivity index (χ0) is 19.4. The Morgan fingerprint density at radius 2 is 2.04 bits per heavy atom. The van der Waals surface area contributed by atoms with Crippen LogP contribution in [0.2, 0.25) is 0 Å². The summed E-state index contributed by atoms with van der Waals surface area (Å²) in [5.41, 5.74) is 2.85. The highest BCUT2D eigenvalue weighted by molar-refractivity contribution is 7.09. The van der Waals surface area contributed by atoms with Gasteiger partial charge in [-0.15, -0.1) is 11.3 Å². The van der Waals surface area contributed by atoms with Gasteiger partial charge in [-0.2, -0.15) is 0 Å². The number of nitrogens with one attached hydrogen (secondary N) is 3. The molecule has 6 nitrogen and oxygen atoms in total. The van der Waals surface area contributed by atoms with Gasteiger partial charge in [-0.3, -0.25) is 9.59 Å². The van der Waals surface area contributed by atoms with Crippen LogP contribution in [0.4, 0.5) is 0 Å². The standard InChI is InChI=1S/C20H24N4O2S/c1-4-19-24-18(11-27-19)12(2)22-20(26)17(23-13(3)25)9-14-10-21-16-8-6-5-7-15(14)16/h5-8,10-12,17,21H,4,9H2,1-3H3,(H,22,26)(H,23,25). The lowest BCUT2D eigenvalue weighted by molar-refractivity contribution is -0.128. The molecule has 0 aliphatic rings. The van der Waals surface area contributed by atoms with Crippen molar-refractivity contribution in [3.05, 3.63) is 52.1 Å². The number of amides is 2. The lowest BCUT2D eigenvalue weighted by Gasteiger charge is -2.20. The minimum Gasteiger partial charge on any atom is -0.361 e. The zero-order valence-corrected chi connectivity index (χ0v) is 16.5. The number of thiazole rings is 1. The Bertz CT molecular complexity index is 946. The molecule has 2 heterocycles. The molecular formula is C20H24N4O2S. The summed E-state index contributed by atoms with van der Waals surface area (Å²) >= 11 is 1.59. The second kappa shape index (κ2) is 8.35. The predicted octanol–water partition coefficient (Wildman–Crippen LogP) is 3.11. The highest BCUT2D eigenvalue weighted by Gasteiger charge is 2.23. The van der Waals surface area contributed by atoms with E-state index in [4.69, 9.17) is 0 Å². The maximum Gasteiger partial charge on any atom is 0.243 e. The van der Waals surface area contributed by atoms with Crippen molar-refractivity contribution >= 4 is 34.1 Å². The number of aromatic amines is 1. The third kappa shape index (κ3) is 4.54. The van der Waals surface area contributed by atoms with Gasteiger partial charge in [-0.1, -0.05) is 25.1 Å². The molecule has 0 fully saturated rings. The van der Waals surface area contributed by atoms with Gasteiger partial charge in [-0.05, 0) is 25.0 Å². The van der Waals surface area contributed by atoms with E-state index in [1.807, 2.05) is 42.8 Å². The summed E-state index contributed by atoms with van der Waals surface area (Å²) in [5.74, 6) is -0.446.